The number of ether oxygens (including phenoxy) is 1. The van der Waals surface area contributed by atoms with Gasteiger partial charge in [-0.25, -0.2) is 4.79 Å². The van der Waals surface area contributed by atoms with Crippen LogP contribution in [0.3, 0.4) is 0 Å². The smallest absolute Gasteiger partial charge is 0.335 e. The highest BCUT2D eigenvalue weighted by atomic mass is 79.9. The molecular formula is C13H11BrN2O4. The minimum atomic E-state index is -1.00. The molecule has 0 bridgehead atoms. The molecule has 1 N–H and O–H groups in total. The molecule has 1 aromatic heterocycles. The Bertz CT molecular complexity index is 652. The fourth-order valence-electron chi connectivity index (χ4n) is 1.71. The molecule has 0 atom stereocenters. The lowest BCUT2D eigenvalue weighted by Crippen LogP contribution is -2.01. The molecule has 0 amide bonds. The first-order valence-corrected chi connectivity index (χ1v) is 6.91. The van der Waals surface area contributed by atoms with Crippen molar-refractivity contribution in [3.8, 4) is 5.75 Å². The molecule has 0 spiro atoms. The Balaban J connectivity index is 1.70. The van der Waals surface area contributed by atoms with Crippen molar-refractivity contribution in [2.75, 3.05) is 0 Å². The summed E-state index contributed by atoms with van der Waals surface area (Å²) in [5, 5.41) is 12.8. The first-order chi connectivity index (χ1) is 9.63. The molecule has 1 aliphatic rings. The molecule has 1 aliphatic carbocycles. The number of hydrogen-bond donors (Lipinski definition) is 1. The maximum Gasteiger partial charge on any atom is 0.335 e. The highest BCUT2D eigenvalue weighted by Crippen LogP contribution is 2.38. The van der Waals surface area contributed by atoms with Crippen molar-refractivity contribution in [3.63, 3.8) is 0 Å². The predicted molar refractivity (Wildman–Crippen MR) is 71.7 cm³/mol. The molecule has 0 saturated heterocycles. The van der Waals surface area contributed by atoms with Gasteiger partial charge < -0.3 is 14.4 Å². The number of benzene rings is 1. The summed E-state index contributed by atoms with van der Waals surface area (Å²) in [4.78, 5) is 15.2. The second kappa shape index (κ2) is 5.24. The summed E-state index contributed by atoms with van der Waals surface area (Å²) in [6.07, 6.45) is 2.18. The van der Waals surface area contributed by atoms with E-state index < -0.39 is 5.97 Å². The summed E-state index contributed by atoms with van der Waals surface area (Å²) in [5.74, 6) is 0.945. The lowest BCUT2D eigenvalue weighted by atomic mass is 10.2. The number of rotatable bonds is 5. The molecule has 1 aromatic carbocycles. The van der Waals surface area contributed by atoms with E-state index in [9.17, 15) is 4.79 Å². The van der Waals surface area contributed by atoms with Crippen LogP contribution >= 0.6 is 15.9 Å². The van der Waals surface area contributed by atoms with Gasteiger partial charge >= 0.3 is 5.97 Å². The van der Waals surface area contributed by atoms with Crippen molar-refractivity contribution in [1.29, 1.82) is 0 Å². The molecule has 2 aromatic rings. The summed E-state index contributed by atoms with van der Waals surface area (Å²) in [5.41, 5.74) is 0.162. The Morgan fingerprint density at radius 1 is 1.50 bits per heavy atom. The zero-order chi connectivity index (χ0) is 14.1. The Labute approximate surface area is 122 Å². The van der Waals surface area contributed by atoms with E-state index in [1.165, 1.54) is 12.1 Å². The SMILES string of the molecule is O=C(O)c1ccc(Br)c(OCc2noc(C3CC3)n2)c1. The third-order valence-corrected chi connectivity index (χ3v) is 3.60. The highest BCUT2D eigenvalue weighted by Gasteiger charge is 2.29. The van der Waals surface area contributed by atoms with E-state index in [-0.39, 0.29) is 12.2 Å². The van der Waals surface area contributed by atoms with Gasteiger partial charge in [-0.05, 0) is 47.0 Å². The molecule has 104 valence electrons. The topological polar surface area (TPSA) is 85.5 Å². The third-order valence-electron chi connectivity index (χ3n) is 2.95. The zero-order valence-corrected chi connectivity index (χ0v) is 12.0. The Morgan fingerprint density at radius 2 is 2.30 bits per heavy atom. The molecule has 3 rings (SSSR count). The fraction of sp³-hybridized carbons (Fsp3) is 0.308. The van der Waals surface area contributed by atoms with Crippen LogP contribution in [0.2, 0.25) is 0 Å². The summed E-state index contributed by atoms with van der Waals surface area (Å²) >= 11 is 3.31. The van der Waals surface area contributed by atoms with Crippen molar-refractivity contribution >= 4 is 21.9 Å². The Hall–Kier alpha value is -1.89. The average molecular weight is 339 g/mol. The predicted octanol–water partition coefficient (Wildman–Crippen LogP) is 2.99. The monoisotopic (exact) mass is 338 g/mol. The first-order valence-electron chi connectivity index (χ1n) is 6.11. The first kappa shape index (κ1) is 13.1. The van der Waals surface area contributed by atoms with Gasteiger partial charge in [-0.3, -0.25) is 0 Å². The summed E-state index contributed by atoms with van der Waals surface area (Å²) in [7, 11) is 0. The van der Waals surface area contributed by atoms with E-state index in [0.29, 0.717) is 27.9 Å². The van der Waals surface area contributed by atoms with E-state index in [1.807, 2.05) is 0 Å². The lowest BCUT2D eigenvalue weighted by Gasteiger charge is -2.06. The van der Waals surface area contributed by atoms with E-state index in [1.54, 1.807) is 6.07 Å². The molecule has 0 unspecified atom stereocenters. The van der Waals surface area contributed by atoms with Crippen LogP contribution in [0, 0.1) is 0 Å². The molecule has 1 fully saturated rings. The second-order valence-electron chi connectivity index (χ2n) is 4.56. The van der Waals surface area contributed by atoms with E-state index in [4.69, 9.17) is 14.4 Å². The maximum atomic E-state index is 10.9. The largest absolute Gasteiger partial charge is 0.484 e. The van der Waals surface area contributed by atoms with Crippen LogP contribution in [0.25, 0.3) is 0 Å². The van der Waals surface area contributed by atoms with Crippen LogP contribution in [0.4, 0.5) is 0 Å². The summed E-state index contributed by atoms with van der Waals surface area (Å²) in [6, 6.07) is 4.58. The van der Waals surface area contributed by atoms with Crippen molar-refractivity contribution in [1.82, 2.24) is 10.1 Å². The summed E-state index contributed by atoms with van der Waals surface area (Å²) < 4.78 is 11.3. The molecule has 1 saturated carbocycles. The van der Waals surface area contributed by atoms with Crippen molar-refractivity contribution in [2.24, 2.45) is 0 Å². The van der Waals surface area contributed by atoms with Gasteiger partial charge in [-0.1, -0.05) is 5.16 Å². The Morgan fingerprint density at radius 3 is 3.00 bits per heavy atom. The molecular weight excluding hydrogens is 328 g/mol. The van der Waals surface area contributed by atoms with Crippen LogP contribution in [-0.4, -0.2) is 21.2 Å². The minimum absolute atomic E-state index is 0.137. The molecule has 0 aliphatic heterocycles. The third kappa shape index (κ3) is 2.82. The maximum absolute atomic E-state index is 10.9. The van der Waals surface area contributed by atoms with E-state index in [2.05, 4.69) is 26.1 Å². The number of carboxylic acid groups (broad SMARTS) is 1. The van der Waals surface area contributed by atoms with Crippen LogP contribution in [0.5, 0.6) is 5.75 Å². The van der Waals surface area contributed by atoms with Crippen LogP contribution in [0.1, 0.15) is 40.8 Å². The van der Waals surface area contributed by atoms with Gasteiger partial charge in [0.2, 0.25) is 11.7 Å². The van der Waals surface area contributed by atoms with Gasteiger partial charge in [0, 0.05) is 5.92 Å². The van der Waals surface area contributed by atoms with Crippen LogP contribution in [0.15, 0.2) is 27.2 Å². The number of carboxylic acids is 1. The van der Waals surface area contributed by atoms with Crippen LogP contribution in [-0.2, 0) is 6.61 Å². The number of halogens is 1. The van der Waals surface area contributed by atoms with Crippen molar-refractivity contribution in [3.05, 3.63) is 40.0 Å². The molecule has 20 heavy (non-hydrogen) atoms. The molecule has 1 heterocycles. The lowest BCUT2D eigenvalue weighted by molar-refractivity contribution is 0.0696. The Kier molecular flexibility index (Phi) is 3.43. The number of carbonyl (C=O) groups is 1. The average Bonchev–Trinajstić information content (AvgIpc) is 3.17. The standard InChI is InChI=1S/C13H11BrN2O4/c14-9-4-3-8(13(17)18)5-10(9)19-6-11-15-12(20-16-11)7-1-2-7/h3-5,7H,1-2,6H2,(H,17,18). The minimum Gasteiger partial charge on any atom is -0.484 e. The number of hydrogen-bond acceptors (Lipinski definition) is 5. The zero-order valence-electron chi connectivity index (χ0n) is 10.4. The summed E-state index contributed by atoms with van der Waals surface area (Å²) in [6.45, 7) is 0.137. The number of aromatic carboxylic acids is 1. The fourth-order valence-corrected chi connectivity index (χ4v) is 2.07. The van der Waals surface area contributed by atoms with E-state index >= 15 is 0 Å². The van der Waals surface area contributed by atoms with Gasteiger partial charge in [-0.15, -0.1) is 0 Å². The molecule has 0 radical (unpaired) electrons. The normalized spacial score (nSPS) is 14.2. The van der Waals surface area contributed by atoms with Gasteiger partial charge in [0.1, 0.15) is 5.75 Å². The molecule has 6 nitrogen and oxygen atoms in total. The number of nitrogens with zero attached hydrogens (tertiary/aromatic N) is 2. The van der Waals surface area contributed by atoms with Crippen molar-refractivity contribution < 1.29 is 19.2 Å². The van der Waals surface area contributed by atoms with Crippen LogP contribution < -0.4 is 4.74 Å². The second-order valence-corrected chi connectivity index (χ2v) is 5.42. The quantitative estimate of drug-likeness (QED) is 0.901. The number of aromatic nitrogens is 2. The van der Waals surface area contributed by atoms with Crippen molar-refractivity contribution in [2.45, 2.75) is 25.4 Å². The van der Waals surface area contributed by atoms with Gasteiger partial charge in [-0.2, -0.15) is 4.98 Å². The highest BCUT2D eigenvalue weighted by molar-refractivity contribution is 9.10. The van der Waals surface area contributed by atoms with Gasteiger partial charge in [0.25, 0.3) is 0 Å². The van der Waals surface area contributed by atoms with E-state index in [0.717, 1.165) is 12.8 Å². The van der Waals surface area contributed by atoms with Gasteiger partial charge in [0.05, 0.1) is 10.0 Å². The van der Waals surface area contributed by atoms with Gasteiger partial charge in [0.15, 0.2) is 6.61 Å². The molecule has 7 heteroatoms.